The van der Waals surface area contributed by atoms with Gasteiger partial charge in [-0.3, -0.25) is 14.4 Å². The quantitative estimate of drug-likeness (QED) is 0.0288. The van der Waals surface area contributed by atoms with E-state index >= 15 is 0 Å². The van der Waals surface area contributed by atoms with E-state index in [1.54, 1.807) is 0 Å². The van der Waals surface area contributed by atoms with Crippen molar-refractivity contribution in [1.82, 2.24) is 0 Å². The number of allylic oxidation sites excluding steroid dienone is 6. The lowest BCUT2D eigenvalue weighted by atomic mass is 10.1. The third-order valence-corrected chi connectivity index (χ3v) is 8.41. The lowest BCUT2D eigenvalue weighted by Crippen LogP contribution is -2.30. The van der Waals surface area contributed by atoms with E-state index in [2.05, 4.69) is 57.2 Å². The summed E-state index contributed by atoms with van der Waals surface area (Å²) >= 11 is 0. The van der Waals surface area contributed by atoms with Crippen LogP contribution >= 0.6 is 0 Å². The van der Waals surface area contributed by atoms with Crippen LogP contribution < -0.4 is 0 Å². The van der Waals surface area contributed by atoms with E-state index in [-0.39, 0.29) is 31.1 Å². The van der Waals surface area contributed by atoms with Crippen LogP contribution in [-0.4, -0.2) is 37.2 Å². The van der Waals surface area contributed by atoms with Crippen LogP contribution in [0.25, 0.3) is 0 Å². The van der Waals surface area contributed by atoms with Gasteiger partial charge < -0.3 is 14.2 Å². The van der Waals surface area contributed by atoms with Gasteiger partial charge >= 0.3 is 17.9 Å². The van der Waals surface area contributed by atoms with Crippen molar-refractivity contribution in [2.75, 3.05) is 13.2 Å². The van der Waals surface area contributed by atoms with Crippen LogP contribution in [0.1, 0.15) is 194 Å². The molecule has 0 saturated carbocycles. The van der Waals surface area contributed by atoms with Crippen molar-refractivity contribution in [3.05, 3.63) is 36.5 Å². The van der Waals surface area contributed by atoms with Crippen LogP contribution in [0.4, 0.5) is 0 Å². The lowest BCUT2D eigenvalue weighted by Gasteiger charge is -2.18. The van der Waals surface area contributed by atoms with Gasteiger partial charge in [0.25, 0.3) is 0 Å². The van der Waals surface area contributed by atoms with Crippen molar-refractivity contribution in [3.8, 4) is 0 Å². The number of esters is 3. The molecule has 0 aliphatic heterocycles. The molecule has 0 N–H and O–H groups in total. The average Bonchev–Trinajstić information content (AvgIpc) is 3.08. The van der Waals surface area contributed by atoms with Crippen LogP contribution in [0.2, 0.25) is 0 Å². The minimum atomic E-state index is -0.769. The number of ether oxygens (including phenoxy) is 3. The van der Waals surface area contributed by atoms with Gasteiger partial charge in [-0.2, -0.15) is 0 Å². The van der Waals surface area contributed by atoms with Gasteiger partial charge in [0.1, 0.15) is 13.2 Å². The van der Waals surface area contributed by atoms with Gasteiger partial charge in [-0.25, -0.2) is 0 Å². The fourth-order valence-corrected chi connectivity index (χ4v) is 5.40. The Hall–Kier alpha value is -2.37. The number of rotatable bonds is 35. The molecule has 0 aliphatic carbocycles. The molecule has 1 atom stereocenters. The highest BCUT2D eigenvalue weighted by molar-refractivity contribution is 5.71. The molecule has 0 aromatic rings. The Labute approximate surface area is 295 Å². The van der Waals surface area contributed by atoms with E-state index in [0.717, 1.165) is 96.3 Å². The fourth-order valence-electron chi connectivity index (χ4n) is 5.40. The van der Waals surface area contributed by atoms with Crippen LogP contribution in [0.3, 0.4) is 0 Å². The Morgan fingerprint density at radius 2 is 0.812 bits per heavy atom. The molecule has 6 heteroatoms. The zero-order valence-electron chi connectivity index (χ0n) is 31.5. The fraction of sp³-hybridized carbons (Fsp3) is 0.786. The lowest BCUT2D eigenvalue weighted by molar-refractivity contribution is -0.167. The molecule has 0 aromatic heterocycles. The highest BCUT2D eigenvalue weighted by Crippen LogP contribution is 2.13. The SMILES string of the molecule is CC/C=C\C/C=C\C/C=C\CCCCCCCC(=O)OCC(COC(=O)CCCCCCCC)OC(=O)CCCCCCCCCCC. The monoisotopic (exact) mass is 675 g/mol. The van der Waals surface area contributed by atoms with E-state index in [9.17, 15) is 14.4 Å². The zero-order valence-corrected chi connectivity index (χ0v) is 31.5. The summed E-state index contributed by atoms with van der Waals surface area (Å²) in [6.07, 6.45) is 40.0. The average molecular weight is 675 g/mol. The number of hydrogen-bond acceptors (Lipinski definition) is 6. The summed E-state index contributed by atoms with van der Waals surface area (Å²) in [5, 5.41) is 0. The maximum Gasteiger partial charge on any atom is 0.306 e. The molecular weight excluding hydrogens is 600 g/mol. The Morgan fingerprint density at radius 3 is 1.27 bits per heavy atom. The van der Waals surface area contributed by atoms with E-state index in [4.69, 9.17) is 14.2 Å². The summed E-state index contributed by atoms with van der Waals surface area (Å²) in [5.74, 6) is -0.911. The molecular formula is C42H74O6. The molecule has 0 rings (SSSR count). The van der Waals surface area contributed by atoms with Gasteiger partial charge in [-0.1, -0.05) is 160 Å². The zero-order chi connectivity index (χ0) is 35.2. The second-order valence-corrected chi connectivity index (χ2v) is 13.2. The molecule has 278 valence electrons. The molecule has 0 fully saturated rings. The summed E-state index contributed by atoms with van der Waals surface area (Å²) in [5.41, 5.74) is 0. The number of carbonyl (C=O) groups excluding carboxylic acids is 3. The minimum Gasteiger partial charge on any atom is -0.462 e. The summed E-state index contributed by atoms with van der Waals surface area (Å²) in [6, 6.07) is 0. The van der Waals surface area contributed by atoms with Crippen molar-refractivity contribution >= 4 is 17.9 Å². The summed E-state index contributed by atoms with van der Waals surface area (Å²) in [7, 11) is 0. The van der Waals surface area contributed by atoms with Gasteiger partial charge in [0.2, 0.25) is 0 Å². The van der Waals surface area contributed by atoms with Crippen LogP contribution in [0.5, 0.6) is 0 Å². The van der Waals surface area contributed by atoms with Crippen molar-refractivity contribution in [2.45, 2.75) is 200 Å². The number of carbonyl (C=O) groups is 3. The molecule has 0 aromatic carbocycles. The molecule has 0 spiro atoms. The van der Waals surface area contributed by atoms with Crippen molar-refractivity contribution in [2.24, 2.45) is 0 Å². The topological polar surface area (TPSA) is 78.9 Å². The first-order valence-electron chi connectivity index (χ1n) is 20.0. The first-order chi connectivity index (χ1) is 23.5. The first kappa shape index (κ1) is 45.6. The Morgan fingerprint density at radius 1 is 0.438 bits per heavy atom. The van der Waals surface area contributed by atoms with Crippen LogP contribution in [0.15, 0.2) is 36.5 Å². The molecule has 0 heterocycles. The van der Waals surface area contributed by atoms with E-state index in [1.165, 1.54) is 57.8 Å². The maximum atomic E-state index is 12.6. The highest BCUT2D eigenvalue weighted by Gasteiger charge is 2.19. The molecule has 1 unspecified atom stereocenters. The van der Waals surface area contributed by atoms with Gasteiger partial charge in [0.15, 0.2) is 6.10 Å². The summed E-state index contributed by atoms with van der Waals surface area (Å²) in [4.78, 5) is 37.3. The Balaban J connectivity index is 4.31. The van der Waals surface area contributed by atoms with Crippen LogP contribution in [-0.2, 0) is 28.6 Å². The second-order valence-electron chi connectivity index (χ2n) is 13.2. The third-order valence-electron chi connectivity index (χ3n) is 8.41. The van der Waals surface area contributed by atoms with Crippen molar-refractivity contribution in [3.63, 3.8) is 0 Å². The van der Waals surface area contributed by atoms with Crippen molar-refractivity contribution < 1.29 is 28.6 Å². The van der Waals surface area contributed by atoms with E-state index in [0.29, 0.717) is 19.3 Å². The van der Waals surface area contributed by atoms with Gasteiger partial charge in [-0.15, -0.1) is 0 Å². The molecule has 0 saturated heterocycles. The molecule has 6 nitrogen and oxygen atoms in total. The van der Waals surface area contributed by atoms with Gasteiger partial charge in [-0.05, 0) is 51.4 Å². The summed E-state index contributed by atoms with van der Waals surface area (Å²) < 4.78 is 16.5. The molecule has 48 heavy (non-hydrogen) atoms. The van der Waals surface area contributed by atoms with Crippen LogP contribution in [0, 0.1) is 0 Å². The number of hydrogen-bond donors (Lipinski definition) is 0. The predicted molar refractivity (Wildman–Crippen MR) is 201 cm³/mol. The normalized spacial score (nSPS) is 12.3. The molecule has 0 radical (unpaired) electrons. The standard InChI is InChI=1S/C42H74O6/c1-4-7-10-13-16-18-19-20-21-22-23-25-26-29-32-35-41(44)47-38-39(37-46-40(43)34-31-28-15-12-9-6-3)48-42(45)36-33-30-27-24-17-14-11-8-5-2/h7,10,16,18,20-21,39H,4-6,8-9,11-15,17,19,22-38H2,1-3H3/b10-7-,18-16-,21-20-. The second kappa shape index (κ2) is 37.4. The maximum absolute atomic E-state index is 12.6. The highest BCUT2D eigenvalue weighted by atomic mass is 16.6. The van der Waals surface area contributed by atoms with Crippen molar-refractivity contribution in [1.29, 1.82) is 0 Å². The largest absolute Gasteiger partial charge is 0.462 e. The Kier molecular flexibility index (Phi) is 35.6. The molecule has 0 amide bonds. The van der Waals surface area contributed by atoms with Gasteiger partial charge in [0, 0.05) is 19.3 Å². The third kappa shape index (κ3) is 35.0. The van der Waals surface area contributed by atoms with E-state index < -0.39 is 6.10 Å². The minimum absolute atomic E-state index is 0.0769. The first-order valence-corrected chi connectivity index (χ1v) is 20.0. The molecule has 0 bridgehead atoms. The van der Waals surface area contributed by atoms with Gasteiger partial charge in [0.05, 0.1) is 0 Å². The smallest absolute Gasteiger partial charge is 0.306 e. The van der Waals surface area contributed by atoms with E-state index in [1.807, 2.05) is 0 Å². The predicted octanol–water partition coefficient (Wildman–Crippen LogP) is 12.2. The number of unbranched alkanes of at least 4 members (excludes halogenated alkanes) is 18. The Bertz CT molecular complexity index is 830. The molecule has 0 aliphatic rings. The summed E-state index contributed by atoms with van der Waals surface area (Å²) in [6.45, 7) is 6.41.